The van der Waals surface area contributed by atoms with Crippen molar-refractivity contribution in [1.29, 1.82) is 0 Å². The van der Waals surface area contributed by atoms with E-state index >= 15 is 0 Å². The molecule has 1 aromatic heterocycles. The predicted molar refractivity (Wildman–Crippen MR) is 100 cm³/mol. The molecule has 4 rings (SSSR count). The number of nitrogens with zero attached hydrogens (tertiary/aromatic N) is 3. The van der Waals surface area contributed by atoms with Crippen LogP contribution in [0.4, 0.5) is 10.2 Å². The van der Waals surface area contributed by atoms with Crippen molar-refractivity contribution in [2.75, 3.05) is 37.6 Å². The van der Waals surface area contributed by atoms with Crippen LogP contribution in [0.15, 0.2) is 42.6 Å². The van der Waals surface area contributed by atoms with E-state index in [1.165, 1.54) is 12.1 Å². The number of carbonyl (C=O) groups is 1. The SMILES string of the molecule is O=C1c2ccc(F)cc2CC1CCN1CCCN(c2ccccn2)CC1. The van der Waals surface area contributed by atoms with E-state index in [0.29, 0.717) is 12.0 Å². The summed E-state index contributed by atoms with van der Waals surface area (Å²) in [6.07, 6.45) is 4.46. The number of benzene rings is 1. The highest BCUT2D eigenvalue weighted by molar-refractivity contribution is 6.02. The van der Waals surface area contributed by atoms with Crippen LogP contribution >= 0.6 is 0 Å². The van der Waals surface area contributed by atoms with Crippen molar-refractivity contribution < 1.29 is 9.18 Å². The summed E-state index contributed by atoms with van der Waals surface area (Å²) in [5.74, 6) is 0.976. The molecular weight excluding hydrogens is 329 g/mol. The smallest absolute Gasteiger partial charge is 0.166 e. The first kappa shape index (κ1) is 17.2. The molecule has 26 heavy (non-hydrogen) atoms. The third kappa shape index (κ3) is 3.63. The number of carbonyl (C=O) groups excluding carboxylic acids is 1. The summed E-state index contributed by atoms with van der Waals surface area (Å²) in [5, 5.41) is 0. The lowest BCUT2D eigenvalue weighted by Gasteiger charge is -2.23. The van der Waals surface area contributed by atoms with Gasteiger partial charge in [-0.05, 0) is 68.2 Å². The number of anilines is 1. The molecular formula is C21H24FN3O. The van der Waals surface area contributed by atoms with Gasteiger partial charge in [0.25, 0.3) is 0 Å². The van der Waals surface area contributed by atoms with Crippen LogP contribution in [0.5, 0.6) is 0 Å². The first-order chi connectivity index (χ1) is 12.7. The van der Waals surface area contributed by atoms with Crippen molar-refractivity contribution >= 4 is 11.6 Å². The van der Waals surface area contributed by atoms with Crippen LogP contribution in [0.2, 0.25) is 0 Å². The number of rotatable bonds is 4. The van der Waals surface area contributed by atoms with Crippen molar-refractivity contribution in [2.24, 2.45) is 5.92 Å². The number of pyridine rings is 1. The number of hydrogen-bond acceptors (Lipinski definition) is 4. The van der Waals surface area contributed by atoms with Crippen molar-refractivity contribution in [3.05, 3.63) is 59.5 Å². The summed E-state index contributed by atoms with van der Waals surface area (Å²) in [7, 11) is 0. The van der Waals surface area contributed by atoms with Gasteiger partial charge in [0.05, 0.1) is 0 Å². The van der Waals surface area contributed by atoms with Gasteiger partial charge in [-0.1, -0.05) is 6.07 Å². The topological polar surface area (TPSA) is 36.4 Å². The number of ketones is 1. The summed E-state index contributed by atoms with van der Waals surface area (Å²) in [6.45, 7) is 4.93. The minimum atomic E-state index is -0.251. The Morgan fingerprint density at radius 3 is 2.88 bits per heavy atom. The molecule has 0 bridgehead atoms. The van der Waals surface area contributed by atoms with Gasteiger partial charge in [0.2, 0.25) is 0 Å². The predicted octanol–water partition coefficient (Wildman–Crippen LogP) is 3.18. The molecule has 0 saturated carbocycles. The first-order valence-corrected chi connectivity index (χ1v) is 9.42. The average molecular weight is 353 g/mol. The standard InChI is InChI=1S/C21H24FN3O/c22-18-5-6-19-17(15-18)14-16(21(19)26)7-11-24-9-3-10-25(13-12-24)20-4-1-2-8-23-20/h1-2,4-6,8,15-16H,3,7,9-14H2. The van der Waals surface area contributed by atoms with Crippen LogP contribution in [0, 0.1) is 11.7 Å². The molecule has 5 heteroatoms. The Labute approximate surface area is 153 Å². The fraction of sp³-hybridized carbons (Fsp3) is 0.429. The highest BCUT2D eigenvalue weighted by Crippen LogP contribution is 2.29. The molecule has 1 aromatic carbocycles. The van der Waals surface area contributed by atoms with E-state index in [9.17, 15) is 9.18 Å². The molecule has 1 saturated heterocycles. The minimum Gasteiger partial charge on any atom is -0.355 e. The van der Waals surface area contributed by atoms with Crippen LogP contribution in [0.1, 0.15) is 28.8 Å². The second-order valence-electron chi connectivity index (χ2n) is 7.23. The van der Waals surface area contributed by atoms with Crippen LogP contribution in [-0.2, 0) is 6.42 Å². The maximum absolute atomic E-state index is 13.4. The van der Waals surface area contributed by atoms with E-state index in [1.807, 2.05) is 18.3 Å². The van der Waals surface area contributed by atoms with Crippen LogP contribution in [0.3, 0.4) is 0 Å². The Balaban J connectivity index is 1.31. The Kier molecular flexibility index (Phi) is 4.98. The molecule has 0 spiro atoms. The molecule has 0 radical (unpaired) electrons. The molecule has 1 atom stereocenters. The minimum absolute atomic E-state index is 0.00180. The van der Waals surface area contributed by atoms with E-state index in [2.05, 4.69) is 20.9 Å². The third-order valence-corrected chi connectivity index (χ3v) is 5.53. The molecule has 4 nitrogen and oxygen atoms in total. The molecule has 1 fully saturated rings. The highest BCUT2D eigenvalue weighted by Gasteiger charge is 2.30. The zero-order chi connectivity index (χ0) is 17.9. The summed E-state index contributed by atoms with van der Waals surface area (Å²) < 4.78 is 13.4. The average Bonchev–Trinajstić information content (AvgIpc) is 2.83. The van der Waals surface area contributed by atoms with Crippen molar-refractivity contribution in [1.82, 2.24) is 9.88 Å². The van der Waals surface area contributed by atoms with Gasteiger partial charge in [0, 0.05) is 37.3 Å². The number of fused-ring (bicyclic) bond motifs is 1. The molecule has 1 aliphatic carbocycles. The van der Waals surface area contributed by atoms with Gasteiger partial charge >= 0.3 is 0 Å². The van der Waals surface area contributed by atoms with Crippen molar-refractivity contribution in [3.63, 3.8) is 0 Å². The quantitative estimate of drug-likeness (QED) is 0.846. The van der Waals surface area contributed by atoms with Gasteiger partial charge in [0.1, 0.15) is 11.6 Å². The molecule has 1 unspecified atom stereocenters. The number of aromatic nitrogens is 1. The van der Waals surface area contributed by atoms with E-state index in [1.54, 1.807) is 6.07 Å². The molecule has 0 N–H and O–H groups in total. The number of hydrogen-bond donors (Lipinski definition) is 0. The molecule has 1 aliphatic heterocycles. The lowest BCUT2D eigenvalue weighted by Crippen LogP contribution is -2.32. The zero-order valence-corrected chi connectivity index (χ0v) is 14.9. The lowest BCUT2D eigenvalue weighted by molar-refractivity contribution is 0.0921. The molecule has 136 valence electrons. The van der Waals surface area contributed by atoms with Gasteiger partial charge in [-0.2, -0.15) is 0 Å². The van der Waals surface area contributed by atoms with E-state index in [4.69, 9.17) is 0 Å². The highest BCUT2D eigenvalue weighted by atomic mass is 19.1. The fourth-order valence-corrected chi connectivity index (χ4v) is 4.09. The summed E-state index contributed by atoms with van der Waals surface area (Å²) >= 11 is 0. The summed E-state index contributed by atoms with van der Waals surface area (Å²) in [4.78, 5) is 21.8. The second-order valence-corrected chi connectivity index (χ2v) is 7.23. The van der Waals surface area contributed by atoms with Gasteiger partial charge < -0.3 is 9.80 Å². The Morgan fingerprint density at radius 1 is 1.12 bits per heavy atom. The fourth-order valence-electron chi connectivity index (χ4n) is 4.09. The third-order valence-electron chi connectivity index (χ3n) is 5.53. The van der Waals surface area contributed by atoms with Crippen LogP contribution in [0.25, 0.3) is 0 Å². The number of Topliss-reactive ketones (excluding diaryl/α,β-unsaturated/α-hetero) is 1. The Bertz CT molecular complexity index is 780. The molecule has 2 heterocycles. The van der Waals surface area contributed by atoms with Crippen molar-refractivity contribution in [2.45, 2.75) is 19.3 Å². The maximum atomic E-state index is 13.4. The summed E-state index contributed by atoms with van der Waals surface area (Å²) in [6, 6.07) is 10.6. The van der Waals surface area contributed by atoms with E-state index < -0.39 is 0 Å². The van der Waals surface area contributed by atoms with Gasteiger partial charge in [0.15, 0.2) is 5.78 Å². The van der Waals surface area contributed by atoms with Crippen LogP contribution < -0.4 is 4.90 Å². The van der Waals surface area contributed by atoms with Gasteiger partial charge in [-0.25, -0.2) is 9.37 Å². The largest absolute Gasteiger partial charge is 0.355 e. The van der Waals surface area contributed by atoms with E-state index in [0.717, 1.165) is 56.9 Å². The van der Waals surface area contributed by atoms with E-state index in [-0.39, 0.29) is 17.5 Å². The Hall–Kier alpha value is -2.27. The first-order valence-electron chi connectivity index (χ1n) is 9.42. The normalized spacial score (nSPS) is 20.9. The lowest BCUT2D eigenvalue weighted by atomic mass is 10.0. The maximum Gasteiger partial charge on any atom is 0.166 e. The second kappa shape index (κ2) is 7.54. The van der Waals surface area contributed by atoms with Gasteiger partial charge in [-0.15, -0.1) is 0 Å². The summed E-state index contributed by atoms with van der Waals surface area (Å²) in [5.41, 5.74) is 1.59. The molecule has 0 amide bonds. The molecule has 2 aliphatic rings. The van der Waals surface area contributed by atoms with Crippen molar-refractivity contribution in [3.8, 4) is 0 Å². The van der Waals surface area contributed by atoms with Gasteiger partial charge in [-0.3, -0.25) is 4.79 Å². The Morgan fingerprint density at radius 2 is 2.04 bits per heavy atom. The monoisotopic (exact) mass is 353 g/mol. The zero-order valence-electron chi connectivity index (χ0n) is 14.9. The molecule has 2 aromatic rings. The number of halogens is 1. The van der Waals surface area contributed by atoms with Crippen LogP contribution in [-0.4, -0.2) is 48.4 Å².